The first kappa shape index (κ1) is 14.2. The summed E-state index contributed by atoms with van der Waals surface area (Å²) in [6.45, 7) is 6.26. The summed E-state index contributed by atoms with van der Waals surface area (Å²) in [6, 6.07) is 0.175. The summed E-state index contributed by atoms with van der Waals surface area (Å²) in [5, 5.41) is 4.50. The molecule has 3 nitrogen and oxygen atoms in total. The number of hydrogen-bond donors (Lipinski definition) is 1. The van der Waals surface area contributed by atoms with Crippen LogP contribution in [0.4, 0.5) is 4.39 Å². The molecule has 0 aliphatic heterocycles. The molecule has 4 heteroatoms. The van der Waals surface area contributed by atoms with Crippen LogP contribution < -0.4 is 5.73 Å². The molecule has 1 rings (SSSR count). The molecule has 2 N–H and O–H groups in total. The van der Waals surface area contributed by atoms with Gasteiger partial charge in [-0.25, -0.2) is 4.39 Å². The van der Waals surface area contributed by atoms with E-state index in [4.69, 9.17) is 5.73 Å². The van der Waals surface area contributed by atoms with Crippen LogP contribution >= 0.6 is 0 Å². The van der Waals surface area contributed by atoms with E-state index in [1.54, 1.807) is 0 Å². The zero-order chi connectivity index (χ0) is 12.8. The minimum absolute atomic E-state index is 0.175. The molecule has 0 aliphatic carbocycles. The average molecular weight is 241 g/mol. The van der Waals surface area contributed by atoms with Gasteiger partial charge in [-0.3, -0.25) is 4.68 Å². The summed E-state index contributed by atoms with van der Waals surface area (Å²) in [7, 11) is 0. The van der Waals surface area contributed by atoms with Gasteiger partial charge in [0.2, 0.25) is 0 Å². The topological polar surface area (TPSA) is 43.8 Å². The van der Waals surface area contributed by atoms with Crippen LogP contribution in [0.25, 0.3) is 0 Å². The molecular formula is C13H24FN3. The van der Waals surface area contributed by atoms with Crippen LogP contribution in [0, 0.1) is 0 Å². The minimum Gasteiger partial charge on any atom is -0.327 e. The molecule has 0 amide bonds. The van der Waals surface area contributed by atoms with Crippen molar-refractivity contribution < 1.29 is 4.39 Å². The molecule has 1 heterocycles. The molecule has 0 radical (unpaired) electrons. The van der Waals surface area contributed by atoms with Crippen LogP contribution in [0.1, 0.15) is 44.1 Å². The van der Waals surface area contributed by atoms with Crippen molar-refractivity contribution in [3.8, 4) is 0 Å². The lowest BCUT2D eigenvalue weighted by Crippen LogP contribution is -2.22. The van der Waals surface area contributed by atoms with Crippen molar-refractivity contribution in [2.24, 2.45) is 5.73 Å². The fourth-order valence-electron chi connectivity index (χ4n) is 2.18. The molecule has 0 saturated heterocycles. The maximum Gasteiger partial charge on any atom is 0.109 e. The Balaban J connectivity index is 3.05. The molecule has 0 aromatic carbocycles. The molecule has 1 aromatic rings. The minimum atomic E-state index is -0.364. The number of nitrogens with two attached hydrogens (primary N) is 1. The van der Waals surface area contributed by atoms with Crippen molar-refractivity contribution in [3.63, 3.8) is 0 Å². The van der Waals surface area contributed by atoms with Crippen molar-refractivity contribution in [3.05, 3.63) is 17.0 Å². The molecule has 0 saturated carbocycles. The van der Waals surface area contributed by atoms with Crippen LogP contribution in [-0.4, -0.2) is 22.5 Å². The van der Waals surface area contributed by atoms with Gasteiger partial charge < -0.3 is 5.73 Å². The average Bonchev–Trinajstić information content (AvgIpc) is 2.66. The van der Waals surface area contributed by atoms with Crippen molar-refractivity contribution in [1.29, 1.82) is 0 Å². The molecule has 1 unspecified atom stereocenters. The molecule has 17 heavy (non-hydrogen) atoms. The van der Waals surface area contributed by atoms with E-state index in [-0.39, 0.29) is 12.7 Å². The van der Waals surface area contributed by atoms with Gasteiger partial charge in [-0.15, -0.1) is 0 Å². The van der Waals surface area contributed by atoms with Crippen LogP contribution in [0.5, 0.6) is 0 Å². The maximum atomic E-state index is 12.5. The Morgan fingerprint density at radius 2 is 2.00 bits per heavy atom. The number of halogens is 1. The Kier molecular flexibility index (Phi) is 5.62. The molecule has 0 bridgehead atoms. The number of alkyl halides is 1. The van der Waals surface area contributed by atoms with Crippen LogP contribution in [0.3, 0.4) is 0 Å². The standard InChI is InChI=1S/C13H24FN3/c1-4-10(15)9-11-12(5-2)16-17(8-7-14)13(11)6-3/h10H,4-9,15H2,1-3H3. The lowest BCUT2D eigenvalue weighted by Gasteiger charge is -2.11. The third-order valence-corrected chi connectivity index (χ3v) is 3.21. The predicted octanol–water partition coefficient (Wildman–Crippen LogP) is 2.26. The summed E-state index contributed by atoms with van der Waals surface area (Å²) in [4.78, 5) is 0. The highest BCUT2D eigenvalue weighted by molar-refractivity contribution is 5.28. The van der Waals surface area contributed by atoms with E-state index in [1.165, 1.54) is 5.56 Å². The third-order valence-electron chi connectivity index (χ3n) is 3.21. The number of aromatic nitrogens is 2. The monoisotopic (exact) mass is 241 g/mol. The van der Waals surface area contributed by atoms with E-state index in [0.717, 1.165) is 37.1 Å². The molecule has 1 aromatic heterocycles. The summed E-state index contributed by atoms with van der Waals surface area (Å²) in [6.07, 6.45) is 3.59. The Morgan fingerprint density at radius 1 is 1.29 bits per heavy atom. The SMILES string of the molecule is CCc1nn(CCF)c(CC)c1CC(N)CC. The summed E-state index contributed by atoms with van der Waals surface area (Å²) in [5.74, 6) is 0. The molecular weight excluding hydrogens is 217 g/mol. The predicted molar refractivity (Wildman–Crippen MR) is 68.9 cm³/mol. The van der Waals surface area contributed by atoms with Gasteiger partial charge in [0.05, 0.1) is 12.2 Å². The smallest absolute Gasteiger partial charge is 0.109 e. The lowest BCUT2D eigenvalue weighted by molar-refractivity contribution is 0.419. The van der Waals surface area contributed by atoms with E-state index in [1.807, 2.05) is 4.68 Å². The van der Waals surface area contributed by atoms with Crippen molar-refractivity contribution in [2.75, 3.05) is 6.67 Å². The van der Waals surface area contributed by atoms with Gasteiger partial charge in [0, 0.05) is 11.7 Å². The highest BCUT2D eigenvalue weighted by Gasteiger charge is 2.16. The van der Waals surface area contributed by atoms with E-state index in [2.05, 4.69) is 25.9 Å². The first-order valence-electron chi connectivity index (χ1n) is 6.56. The third kappa shape index (κ3) is 3.28. The van der Waals surface area contributed by atoms with E-state index >= 15 is 0 Å². The second kappa shape index (κ2) is 6.74. The molecule has 98 valence electrons. The zero-order valence-electron chi connectivity index (χ0n) is 11.2. The second-order valence-electron chi connectivity index (χ2n) is 4.36. The fraction of sp³-hybridized carbons (Fsp3) is 0.769. The van der Waals surface area contributed by atoms with Gasteiger partial charge in [-0.1, -0.05) is 20.8 Å². The quantitative estimate of drug-likeness (QED) is 0.795. The van der Waals surface area contributed by atoms with E-state index in [0.29, 0.717) is 6.54 Å². The number of nitrogens with zero attached hydrogens (tertiary/aromatic N) is 2. The Morgan fingerprint density at radius 3 is 2.47 bits per heavy atom. The van der Waals surface area contributed by atoms with Crippen molar-refractivity contribution in [1.82, 2.24) is 9.78 Å². The normalized spacial score (nSPS) is 13.0. The Bertz CT molecular complexity index is 347. The number of hydrogen-bond acceptors (Lipinski definition) is 2. The first-order valence-corrected chi connectivity index (χ1v) is 6.56. The molecule has 0 fully saturated rings. The summed E-state index contributed by atoms with van der Waals surface area (Å²) >= 11 is 0. The van der Waals surface area contributed by atoms with E-state index < -0.39 is 0 Å². The Labute approximate surface area is 103 Å². The largest absolute Gasteiger partial charge is 0.327 e. The van der Waals surface area contributed by atoms with Crippen LogP contribution in [0.2, 0.25) is 0 Å². The van der Waals surface area contributed by atoms with E-state index in [9.17, 15) is 4.39 Å². The first-order chi connectivity index (χ1) is 8.17. The van der Waals surface area contributed by atoms with Gasteiger partial charge >= 0.3 is 0 Å². The molecule has 0 aliphatic rings. The van der Waals surface area contributed by atoms with Crippen LogP contribution in [-0.2, 0) is 25.8 Å². The van der Waals surface area contributed by atoms with Crippen molar-refractivity contribution in [2.45, 2.75) is 59.0 Å². The highest BCUT2D eigenvalue weighted by Crippen LogP contribution is 2.18. The Hall–Kier alpha value is -0.900. The van der Waals surface area contributed by atoms with Gasteiger partial charge in [0.1, 0.15) is 6.67 Å². The van der Waals surface area contributed by atoms with Gasteiger partial charge in [-0.05, 0) is 31.2 Å². The van der Waals surface area contributed by atoms with Gasteiger partial charge in [0.25, 0.3) is 0 Å². The molecule has 1 atom stereocenters. The van der Waals surface area contributed by atoms with Gasteiger partial charge in [-0.2, -0.15) is 5.10 Å². The van der Waals surface area contributed by atoms with Gasteiger partial charge in [0.15, 0.2) is 0 Å². The van der Waals surface area contributed by atoms with Crippen LogP contribution in [0.15, 0.2) is 0 Å². The highest BCUT2D eigenvalue weighted by atomic mass is 19.1. The fourth-order valence-corrected chi connectivity index (χ4v) is 2.18. The summed E-state index contributed by atoms with van der Waals surface area (Å²) in [5.41, 5.74) is 9.51. The lowest BCUT2D eigenvalue weighted by atomic mass is 10.00. The number of rotatable bonds is 7. The summed E-state index contributed by atoms with van der Waals surface area (Å²) < 4.78 is 14.3. The maximum absolute atomic E-state index is 12.5. The van der Waals surface area contributed by atoms with Crippen molar-refractivity contribution >= 4 is 0 Å². The zero-order valence-corrected chi connectivity index (χ0v) is 11.2. The number of aryl methyl sites for hydroxylation is 2. The molecule has 0 spiro atoms. The second-order valence-corrected chi connectivity index (χ2v) is 4.36.